The van der Waals surface area contributed by atoms with Crippen molar-refractivity contribution >= 4 is 5.91 Å². The molecule has 2 aliphatic rings. The number of aryl methyl sites for hydroxylation is 1. The van der Waals surface area contributed by atoms with Gasteiger partial charge in [-0.15, -0.1) is 0 Å². The normalized spacial score (nSPS) is 18.1. The number of rotatable bonds is 4. The van der Waals surface area contributed by atoms with Gasteiger partial charge in [-0.05, 0) is 37.9 Å². The minimum Gasteiger partial charge on any atom is -0.337 e. The zero-order chi connectivity index (χ0) is 18.6. The van der Waals surface area contributed by atoms with E-state index in [0.717, 1.165) is 64.2 Å². The van der Waals surface area contributed by atoms with E-state index in [9.17, 15) is 9.59 Å². The summed E-state index contributed by atoms with van der Waals surface area (Å²) in [5.41, 5.74) is 0.661. The SMILES string of the molecule is O=C(c1cccnc1)N1CCCN(CCn2nc3n(c2=O)CCCC3)CC1. The van der Waals surface area contributed by atoms with Crippen molar-refractivity contribution in [1.82, 2.24) is 29.1 Å². The van der Waals surface area contributed by atoms with Crippen molar-refractivity contribution in [2.45, 2.75) is 38.8 Å². The molecule has 0 aliphatic carbocycles. The molecule has 0 spiro atoms. The van der Waals surface area contributed by atoms with Gasteiger partial charge in [-0.25, -0.2) is 9.48 Å². The molecule has 0 N–H and O–H groups in total. The van der Waals surface area contributed by atoms with E-state index in [1.165, 1.54) is 0 Å². The predicted octanol–water partition coefficient (Wildman–Crippen LogP) is 0.624. The number of nitrogens with zero attached hydrogens (tertiary/aromatic N) is 6. The molecule has 144 valence electrons. The molecule has 0 aromatic carbocycles. The summed E-state index contributed by atoms with van der Waals surface area (Å²) in [6.45, 7) is 5.38. The average molecular weight is 370 g/mol. The molecular weight excluding hydrogens is 344 g/mol. The van der Waals surface area contributed by atoms with E-state index in [1.807, 2.05) is 15.5 Å². The number of carbonyl (C=O) groups excluding carboxylic acids is 1. The lowest BCUT2D eigenvalue weighted by molar-refractivity contribution is 0.0760. The van der Waals surface area contributed by atoms with Crippen LogP contribution in [-0.2, 0) is 19.5 Å². The Hall–Kier alpha value is -2.48. The fourth-order valence-corrected chi connectivity index (χ4v) is 3.90. The van der Waals surface area contributed by atoms with Crippen LogP contribution in [0.25, 0.3) is 0 Å². The van der Waals surface area contributed by atoms with Gasteiger partial charge in [0.05, 0.1) is 12.1 Å². The molecule has 8 nitrogen and oxygen atoms in total. The van der Waals surface area contributed by atoms with Gasteiger partial charge >= 0.3 is 5.69 Å². The first-order chi connectivity index (χ1) is 13.2. The van der Waals surface area contributed by atoms with Crippen LogP contribution in [0.2, 0.25) is 0 Å². The summed E-state index contributed by atoms with van der Waals surface area (Å²) in [6.07, 6.45) is 7.31. The molecule has 4 rings (SSSR count). The number of amides is 1. The van der Waals surface area contributed by atoms with Crippen LogP contribution in [0.3, 0.4) is 0 Å². The number of carbonyl (C=O) groups is 1. The average Bonchev–Trinajstić information content (AvgIpc) is 2.88. The van der Waals surface area contributed by atoms with Crippen LogP contribution >= 0.6 is 0 Å². The Labute approximate surface area is 158 Å². The Morgan fingerprint density at radius 2 is 1.96 bits per heavy atom. The topological polar surface area (TPSA) is 76.3 Å². The Morgan fingerprint density at radius 3 is 2.78 bits per heavy atom. The first-order valence-corrected chi connectivity index (χ1v) is 9.80. The number of pyridine rings is 1. The molecule has 0 bridgehead atoms. The van der Waals surface area contributed by atoms with Crippen molar-refractivity contribution in [3.8, 4) is 0 Å². The molecule has 2 aliphatic heterocycles. The zero-order valence-electron chi connectivity index (χ0n) is 15.6. The number of hydrogen-bond acceptors (Lipinski definition) is 5. The highest BCUT2D eigenvalue weighted by Crippen LogP contribution is 2.10. The van der Waals surface area contributed by atoms with Gasteiger partial charge in [0.15, 0.2) is 0 Å². The lowest BCUT2D eigenvalue weighted by Crippen LogP contribution is -2.37. The molecule has 1 saturated heterocycles. The second-order valence-corrected chi connectivity index (χ2v) is 7.26. The molecular formula is C19H26N6O2. The lowest BCUT2D eigenvalue weighted by atomic mass is 10.2. The first kappa shape index (κ1) is 17.9. The van der Waals surface area contributed by atoms with Crippen LogP contribution in [0.5, 0.6) is 0 Å². The molecule has 2 aromatic rings. The van der Waals surface area contributed by atoms with Crippen molar-refractivity contribution in [2.75, 3.05) is 32.7 Å². The molecule has 0 radical (unpaired) electrons. The third-order valence-electron chi connectivity index (χ3n) is 5.44. The summed E-state index contributed by atoms with van der Waals surface area (Å²) >= 11 is 0. The smallest absolute Gasteiger partial charge is 0.337 e. The summed E-state index contributed by atoms with van der Waals surface area (Å²) in [5.74, 6) is 0.971. The largest absolute Gasteiger partial charge is 0.345 e. The molecule has 1 fully saturated rings. The lowest BCUT2D eigenvalue weighted by Gasteiger charge is -2.21. The second-order valence-electron chi connectivity index (χ2n) is 7.26. The molecule has 27 heavy (non-hydrogen) atoms. The number of hydrogen-bond donors (Lipinski definition) is 0. The van der Waals surface area contributed by atoms with Gasteiger partial charge in [0.2, 0.25) is 0 Å². The summed E-state index contributed by atoms with van der Waals surface area (Å²) in [7, 11) is 0. The molecule has 0 atom stereocenters. The van der Waals surface area contributed by atoms with Crippen LogP contribution in [0, 0.1) is 0 Å². The molecule has 8 heteroatoms. The monoisotopic (exact) mass is 370 g/mol. The van der Waals surface area contributed by atoms with Crippen molar-refractivity contribution in [3.05, 3.63) is 46.4 Å². The summed E-state index contributed by atoms with van der Waals surface area (Å²) in [4.78, 5) is 33.3. The van der Waals surface area contributed by atoms with E-state index >= 15 is 0 Å². The van der Waals surface area contributed by atoms with Crippen LogP contribution in [0.1, 0.15) is 35.4 Å². The highest BCUT2D eigenvalue weighted by molar-refractivity contribution is 5.93. The Bertz CT molecular complexity index is 844. The zero-order valence-corrected chi connectivity index (χ0v) is 15.6. The van der Waals surface area contributed by atoms with Crippen LogP contribution in [-0.4, -0.2) is 67.8 Å². The van der Waals surface area contributed by atoms with Gasteiger partial charge in [-0.3, -0.25) is 19.2 Å². The Morgan fingerprint density at radius 1 is 1.04 bits per heavy atom. The van der Waals surface area contributed by atoms with E-state index < -0.39 is 0 Å². The number of aromatic nitrogens is 4. The van der Waals surface area contributed by atoms with Crippen LogP contribution < -0.4 is 5.69 Å². The highest BCUT2D eigenvalue weighted by atomic mass is 16.2. The molecule has 0 unspecified atom stereocenters. The molecule has 2 aromatic heterocycles. The summed E-state index contributed by atoms with van der Waals surface area (Å²) in [6, 6.07) is 3.60. The van der Waals surface area contributed by atoms with E-state index in [4.69, 9.17) is 0 Å². The third-order valence-corrected chi connectivity index (χ3v) is 5.44. The minimum absolute atomic E-state index is 0.0212. The number of fused-ring (bicyclic) bond motifs is 1. The molecule has 0 saturated carbocycles. The quantitative estimate of drug-likeness (QED) is 0.789. The van der Waals surface area contributed by atoms with Crippen molar-refractivity contribution < 1.29 is 4.79 Å². The van der Waals surface area contributed by atoms with E-state index in [2.05, 4.69) is 15.0 Å². The van der Waals surface area contributed by atoms with E-state index in [0.29, 0.717) is 18.7 Å². The van der Waals surface area contributed by atoms with Gasteiger partial charge in [-0.1, -0.05) is 0 Å². The third kappa shape index (κ3) is 3.95. The Kier molecular flexibility index (Phi) is 5.33. The minimum atomic E-state index is 0.0212. The van der Waals surface area contributed by atoms with Crippen LogP contribution in [0.4, 0.5) is 0 Å². The van der Waals surface area contributed by atoms with Gasteiger partial charge in [-0.2, -0.15) is 5.10 Å². The van der Waals surface area contributed by atoms with Crippen molar-refractivity contribution in [3.63, 3.8) is 0 Å². The fourth-order valence-electron chi connectivity index (χ4n) is 3.90. The molecule has 1 amide bonds. The molecule has 4 heterocycles. The van der Waals surface area contributed by atoms with Crippen molar-refractivity contribution in [1.29, 1.82) is 0 Å². The van der Waals surface area contributed by atoms with Crippen molar-refractivity contribution in [2.24, 2.45) is 0 Å². The highest BCUT2D eigenvalue weighted by Gasteiger charge is 2.21. The van der Waals surface area contributed by atoms with Crippen LogP contribution in [0.15, 0.2) is 29.3 Å². The maximum Gasteiger partial charge on any atom is 0.345 e. The van der Waals surface area contributed by atoms with E-state index in [1.54, 1.807) is 23.1 Å². The Balaban J connectivity index is 1.33. The van der Waals surface area contributed by atoms with Gasteiger partial charge in [0, 0.05) is 51.5 Å². The van der Waals surface area contributed by atoms with E-state index in [-0.39, 0.29) is 11.6 Å². The van der Waals surface area contributed by atoms with Gasteiger partial charge in [0.1, 0.15) is 5.82 Å². The second kappa shape index (κ2) is 8.04. The fraction of sp³-hybridized carbons (Fsp3) is 0.579. The van der Waals surface area contributed by atoms with Gasteiger partial charge < -0.3 is 4.90 Å². The summed E-state index contributed by atoms with van der Waals surface area (Å²) < 4.78 is 3.43. The van der Waals surface area contributed by atoms with Gasteiger partial charge in [0.25, 0.3) is 5.91 Å². The maximum atomic E-state index is 12.6. The predicted molar refractivity (Wildman–Crippen MR) is 101 cm³/mol. The first-order valence-electron chi connectivity index (χ1n) is 9.80. The summed E-state index contributed by atoms with van der Waals surface area (Å²) in [5, 5.41) is 4.51. The standard InChI is InChI=1S/C19H26N6O2/c26-18(16-5-3-7-20-15-16)23-9-4-8-22(11-13-23)12-14-25-19(27)24-10-2-1-6-17(24)21-25/h3,5,7,15H,1-2,4,6,8-14H2. The maximum absolute atomic E-state index is 12.6.